The highest BCUT2D eigenvalue weighted by Gasteiger charge is 2.28. The molecule has 1 nitrogen and oxygen atoms in total. The van der Waals surface area contributed by atoms with Crippen molar-refractivity contribution in [3.8, 4) is 0 Å². The molecule has 0 N–H and O–H groups in total. The van der Waals surface area contributed by atoms with Crippen molar-refractivity contribution >= 4 is 17.8 Å². The third-order valence-electron chi connectivity index (χ3n) is 5.27. The maximum atomic E-state index is 14.1. The Hall–Kier alpha value is -1.85. The summed E-state index contributed by atoms with van der Waals surface area (Å²) in [7, 11) is -2.67. The number of hydrogen-bond donors (Lipinski definition) is 0. The molecule has 0 amide bonds. The SMILES string of the molecule is C=C1/C(=C/CP(=O)(c2ccccc2)c2ccccc2)C[C@@H](C)C[C@@H]1C. The van der Waals surface area contributed by atoms with Crippen LogP contribution in [0.4, 0.5) is 0 Å². The van der Waals surface area contributed by atoms with Crippen LogP contribution < -0.4 is 10.6 Å². The van der Waals surface area contributed by atoms with Gasteiger partial charge in [-0.25, -0.2) is 0 Å². The summed E-state index contributed by atoms with van der Waals surface area (Å²) in [5.74, 6) is 1.18. The van der Waals surface area contributed by atoms with Crippen molar-refractivity contribution in [2.45, 2.75) is 26.7 Å². The molecule has 0 unspecified atom stereocenters. The van der Waals surface area contributed by atoms with Crippen LogP contribution in [-0.2, 0) is 4.57 Å². The van der Waals surface area contributed by atoms with E-state index in [9.17, 15) is 4.57 Å². The molecule has 0 bridgehead atoms. The van der Waals surface area contributed by atoms with Gasteiger partial charge in [0.15, 0.2) is 0 Å². The summed E-state index contributed by atoms with van der Waals surface area (Å²) in [4.78, 5) is 0. The van der Waals surface area contributed by atoms with Crippen molar-refractivity contribution in [3.63, 3.8) is 0 Å². The number of hydrogen-bond acceptors (Lipinski definition) is 1. The van der Waals surface area contributed by atoms with Crippen LogP contribution in [0.3, 0.4) is 0 Å². The fourth-order valence-electron chi connectivity index (χ4n) is 3.80. The normalized spacial score (nSPS) is 23.0. The molecule has 0 aromatic heterocycles. The van der Waals surface area contributed by atoms with Gasteiger partial charge in [-0.3, -0.25) is 0 Å². The third-order valence-corrected chi connectivity index (χ3v) is 8.23. The molecule has 25 heavy (non-hydrogen) atoms. The van der Waals surface area contributed by atoms with E-state index < -0.39 is 7.14 Å². The van der Waals surface area contributed by atoms with Crippen molar-refractivity contribution in [1.82, 2.24) is 0 Å². The lowest BCUT2D eigenvalue weighted by atomic mass is 9.77. The van der Waals surface area contributed by atoms with Gasteiger partial charge in [0.2, 0.25) is 0 Å². The predicted molar refractivity (Wildman–Crippen MR) is 109 cm³/mol. The molecular weight excluding hydrogens is 323 g/mol. The zero-order valence-corrected chi connectivity index (χ0v) is 16.1. The summed E-state index contributed by atoms with van der Waals surface area (Å²) in [6.45, 7) is 8.85. The van der Waals surface area contributed by atoms with E-state index in [0.717, 1.165) is 17.0 Å². The first-order chi connectivity index (χ1) is 12.0. The Labute approximate surface area is 151 Å². The monoisotopic (exact) mass is 350 g/mol. The van der Waals surface area contributed by atoms with Gasteiger partial charge in [0.1, 0.15) is 7.14 Å². The quantitative estimate of drug-likeness (QED) is 0.661. The predicted octanol–water partition coefficient (Wildman–Crippen LogP) is 5.55. The van der Waals surface area contributed by atoms with Crippen LogP contribution in [0, 0.1) is 11.8 Å². The van der Waals surface area contributed by atoms with Crippen molar-refractivity contribution in [1.29, 1.82) is 0 Å². The minimum absolute atomic E-state index is 0.517. The first kappa shape index (κ1) is 18.0. The van der Waals surface area contributed by atoms with E-state index in [1.807, 2.05) is 60.7 Å². The molecule has 0 saturated heterocycles. The number of allylic oxidation sites excluding steroid dienone is 3. The van der Waals surface area contributed by atoms with Crippen LogP contribution in [-0.4, -0.2) is 6.16 Å². The molecule has 2 heteroatoms. The fraction of sp³-hybridized carbons (Fsp3) is 0.304. The van der Waals surface area contributed by atoms with Crippen LogP contribution in [0.15, 0.2) is 84.5 Å². The lowest BCUT2D eigenvalue weighted by Gasteiger charge is -2.29. The highest BCUT2D eigenvalue weighted by Crippen LogP contribution is 2.45. The number of rotatable bonds is 4. The molecule has 1 saturated carbocycles. The maximum absolute atomic E-state index is 14.1. The topological polar surface area (TPSA) is 17.1 Å². The van der Waals surface area contributed by atoms with Gasteiger partial charge in [0.25, 0.3) is 0 Å². The molecule has 2 aromatic rings. The van der Waals surface area contributed by atoms with Crippen molar-refractivity contribution in [3.05, 3.63) is 84.5 Å². The van der Waals surface area contributed by atoms with E-state index in [1.165, 1.54) is 17.6 Å². The molecule has 3 rings (SSSR count). The molecule has 0 spiro atoms. The zero-order chi connectivity index (χ0) is 17.9. The van der Waals surface area contributed by atoms with Crippen LogP contribution in [0.5, 0.6) is 0 Å². The Kier molecular flexibility index (Phi) is 5.45. The summed E-state index contributed by atoms with van der Waals surface area (Å²) in [5.41, 5.74) is 2.53. The third kappa shape index (κ3) is 3.88. The smallest absolute Gasteiger partial charge is 0.146 e. The second-order valence-electron chi connectivity index (χ2n) is 7.29. The molecule has 130 valence electrons. The van der Waals surface area contributed by atoms with Crippen molar-refractivity contribution in [2.24, 2.45) is 11.8 Å². The van der Waals surface area contributed by atoms with Gasteiger partial charge in [0.05, 0.1) is 0 Å². The Morgan fingerprint density at radius 1 is 1.00 bits per heavy atom. The van der Waals surface area contributed by atoms with Gasteiger partial charge in [-0.15, -0.1) is 0 Å². The summed E-state index contributed by atoms with van der Waals surface area (Å²) in [6, 6.07) is 19.8. The molecule has 1 aliphatic rings. The van der Waals surface area contributed by atoms with E-state index in [-0.39, 0.29) is 0 Å². The Balaban J connectivity index is 1.98. The molecule has 1 fully saturated rings. The average Bonchev–Trinajstić information content (AvgIpc) is 2.64. The fourth-order valence-corrected chi connectivity index (χ4v) is 6.31. The van der Waals surface area contributed by atoms with Crippen LogP contribution in [0.1, 0.15) is 26.7 Å². The summed E-state index contributed by atoms with van der Waals surface area (Å²) >= 11 is 0. The number of benzene rings is 2. The lowest BCUT2D eigenvalue weighted by molar-refractivity contribution is 0.417. The van der Waals surface area contributed by atoms with Crippen LogP contribution in [0.2, 0.25) is 0 Å². The highest BCUT2D eigenvalue weighted by molar-refractivity contribution is 7.78. The maximum Gasteiger partial charge on any atom is 0.146 e. The second kappa shape index (κ2) is 7.58. The van der Waals surface area contributed by atoms with E-state index in [0.29, 0.717) is 18.0 Å². The molecule has 0 aliphatic heterocycles. The van der Waals surface area contributed by atoms with E-state index in [4.69, 9.17) is 0 Å². The van der Waals surface area contributed by atoms with Gasteiger partial charge >= 0.3 is 0 Å². The summed E-state index contributed by atoms with van der Waals surface area (Å²) in [6.07, 6.45) is 5.02. The van der Waals surface area contributed by atoms with Crippen LogP contribution in [0.25, 0.3) is 0 Å². The van der Waals surface area contributed by atoms with Gasteiger partial charge in [-0.1, -0.05) is 87.2 Å². The molecule has 1 aliphatic carbocycles. The molecular formula is C23H27OP. The Bertz CT molecular complexity index is 761. The molecule has 0 radical (unpaired) electrons. The summed E-state index contributed by atoms with van der Waals surface area (Å²) < 4.78 is 14.1. The first-order valence-electron chi connectivity index (χ1n) is 9.09. The van der Waals surface area contributed by atoms with E-state index in [2.05, 4.69) is 26.5 Å². The average molecular weight is 350 g/mol. The minimum Gasteiger partial charge on any atom is -0.313 e. The zero-order valence-electron chi connectivity index (χ0n) is 15.2. The molecule has 2 aromatic carbocycles. The summed E-state index contributed by atoms with van der Waals surface area (Å²) in [5, 5.41) is 1.86. The molecule has 2 atom stereocenters. The first-order valence-corrected chi connectivity index (χ1v) is 11.0. The van der Waals surface area contributed by atoms with Gasteiger partial charge in [0, 0.05) is 16.8 Å². The van der Waals surface area contributed by atoms with Crippen LogP contribution >= 0.6 is 7.14 Å². The molecule has 0 heterocycles. The van der Waals surface area contributed by atoms with Crippen molar-refractivity contribution < 1.29 is 4.57 Å². The van der Waals surface area contributed by atoms with E-state index >= 15 is 0 Å². The Morgan fingerprint density at radius 3 is 2.04 bits per heavy atom. The van der Waals surface area contributed by atoms with Gasteiger partial charge in [-0.05, 0) is 35.8 Å². The van der Waals surface area contributed by atoms with Crippen molar-refractivity contribution in [2.75, 3.05) is 6.16 Å². The standard InChI is InChI=1S/C23H27OP/c1-18-16-19(2)20(3)21(17-18)14-15-25(24,22-10-6-4-7-11-22)23-12-8-5-9-13-23/h4-14,18-19H,3,15-17H2,1-2H3/b21-14+/t18-,19-/m0/s1. The van der Waals surface area contributed by atoms with Gasteiger partial charge < -0.3 is 4.57 Å². The van der Waals surface area contributed by atoms with E-state index in [1.54, 1.807) is 0 Å². The minimum atomic E-state index is -2.67. The second-order valence-corrected chi connectivity index (χ2v) is 10.2. The van der Waals surface area contributed by atoms with Gasteiger partial charge in [-0.2, -0.15) is 0 Å². The Morgan fingerprint density at radius 2 is 1.52 bits per heavy atom. The highest BCUT2D eigenvalue weighted by atomic mass is 31.2. The lowest BCUT2D eigenvalue weighted by Crippen LogP contribution is -2.19. The largest absolute Gasteiger partial charge is 0.313 e.